The van der Waals surface area contributed by atoms with Crippen LogP contribution in [0.2, 0.25) is 0 Å². The van der Waals surface area contributed by atoms with E-state index < -0.39 is 0 Å². The van der Waals surface area contributed by atoms with E-state index in [1.54, 1.807) is 12.1 Å². The van der Waals surface area contributed by atoms with Crippen molar-refractivity contribution in [3.8, 4) is 0 Å². The third kappa shape index (κ3) is 3.17. The number of benzene rings is 1. The average Bonchev–Trinajstić information content (AvgIpc) is 2.66. The van der Waals surface area contributed by atoms with E-state index in [1.807, 2.05) is 24.0 Å². The number of rotatable bonds is 5. The van der Waals surface area contributed by atoms with Gasteiger partial charge in [0.1, 0.15) is 5.82 Å². The predicted octanol–water partition coefficient (Wildman–Crippen LogP) is 2.20. The quantitative estimate of drug-likeness (QED) is 0.821. The van der Waals surface area contributed by atoms with E-state index in [1.165, 1.54) is 17.3 Å². The molecule has 0 saturated heterocycles. The smallest absolute Gasteiger partial charge is 0.123 e. The molecule has 0 amide bonds. The highest BCUT2D eigenvalue weighted by atomic mass is 19.1. The van der Waals surface area contributed by atoms with Gasteiger partial charge >= 0.3 is 0 Å². The lowest BCUT2D eigenvalue weighted by Gasteiger charge is -2.05. The summed E-state index contributed by atoms with van der Waals surface area (Å²) in [7, 11) is 1.94. The summed E-state index contributed by atoms with van der Waals surface area (Å²) in [4.78, 5) is 0. The molecule has 1 heterocycles. The molecule has 18 heavy (non-hydrogen) atoms. The van der Waals surface area contributed by atoms with E-state index in [9.17, 15) is 4.39 Å². The first-order valence-corrected chi connectivity index (χ1v) is 6.09. The molecule has 2 aromatic rings. The zero-order valence-electron chi connectivity index (χ0n) is 10.8. The Bertz CT molecular complexity index is 520. The van der Waals surface area contributed by atoms with Gasteiger partial charge in [0.05, 0.1) is 6.20 Å². The van der Waals surface area contributed by atoms with Crippen molar-refractivity contribution in [1.29, 1.82) is 0 Å². The Kier molecular flexibility index (Phi) is 4.10. The third-order valence-corrected chi connectivity index (χ3v) is 3.13. The molecule has 0 spiro atoms. The fourth-order valence-corrected chi connectivity index (χ4v) is 1.87. The number of hydrogen-bond acceptors (Lipinski definition) is 2. The maximum absolute atomic E-state index is 13.0. The normalized spacial score (nSPS) is 10.8. The topological polar surface area (TPSA) is 29.9 Å². The molecular weight excluding hydrogens is 229 g/mol. The van der Waals surface area contributed by atoms with E-state index in [-0.39, 0.29) is 5.82 Å². The Balaban J connectivity index is 1.78. The second-order valence-corrected chi connectivity index (χ2v) is 4.44. The largest absolute Gasteiger partial charge is 0.312 e. The van der Waals surface area contributed by atoms with Crippen LogP contribution in [0.15, 0.2) is 30.5 Å². The highest BCUT2D eigenvalue weighted by Crippen LogP contribution is 2.06. The van der Waals surface area contributed by atoms with Crippen LogP contribution in [0, 0.1) is 12.7 Å². The molecule has 3 nitrogen and oxygen atoms in total. The summed E-state index contributed by atoms with van der Waals surface area (Å²) in [6.07, 6.45) is 2.71. The number of nitrogens with zero attached hydrogens (tertiary/aromatic N) is 2. The van der Waals surface area contributed by atoms with Gasteiger partial charge in [0, 0.05) is 24.8 Å². The van der Waals surface area contributed by atoms with Gasteiger partial charge in [-0.05, 0) is 37.6 Å². The summed E-state index contributed by atoms with van der Waals surface area (Å²) in [6.45, 7) is 3.68. The van der Waals surface area contributed by atoms with E-state index in [4.69, 9.17) is 0 Å². The summed E-state index contributed by atoms with van der Waals surface area (Å²) in [5, 5.41) is 7.54. The van der Waals surface area contributed by atoms with E-state index in [0.29, 0.717) is 0 Å². The first kappa shape index (κ1) is 12.8. The van der Waals surface area contributed by atoms with Crippen molar-refractivity contribution in [2.24, 2.45) is 7.05 Å². The zero-order chi connectivity index (χ0) is 13.0. The number of hydrogen-bond donors (Lipinski definition) is 1. The van der Waals surface area contributed by atoms with Crippen molar-refractivity contribution in [2.75, 3.05) is 6.54 Å². The van der Waals surface area contributed by atoms with Crippen LogP contribution in [0.5, 0.6) is 0 Å². The monoisotopic (exact) mass is 247 g/mol. The lowest BCUT2D eigenvalue weighted by atomic mass is 10.1. The molecule has 1 aromatic carbocycles. The number of nitrogens with one attached hydrogen (secondary N) is 1. The Morgan fingerprint density at radius 3 is 2.89 bits per heavy atom. The van der Waals surface area contributed by atoms with Gasteiger partial charge in [0.25, 0.3) is 0 Å². The van der Waals surface area contributed by atoms with Gasteiger partial charge in [-0.25, -0.2) is 4.39 Å². The molecule has 0 saturated carbocycles. The van der Waals surface area contributed by atoms with Gasteiger partial charge in [-0.2, -0.15) is 5.10 Å². The van der Waals surface area contributed by atoms with Gasteiger partial charge < -0.3 is 5.32 Å². The lowest BCUT2D eigenvalue weighted by Crippen LogP contribution is -2.17. The summed E-state index contributed by atoms with van der Waals surface area (Å²) in [5.74, 6) is -0.171. The van der Waals surface area contributed by atoms with Crippen molar-refractivity contribution in [1.82, 2.24) is 15.1 Å². The second-order valence-electron chi connectivity index (χ2n) is 4.44. The van der Waals surface area contributed by atoms with Crippen molar-refractivity contribution < 1.29 is 4.39 Å². The fourth-order valence-electron chi connectivity index (χ4n) is 1.87. The minimum Gasteiger partial charge on any atom is -0.312 e. The van der Waals surface area contributed by atoms with Crippen LogP contribution in [0.3, 0.4) is 0 Å². The summed E-state index contributed by atoms with van der Waals surface area (Å²) in [6, 6.07) is 6.74. The van der Waals surface area contributed by atoms with Crippen molar-refractivity contribution in [2.45, 2.75) is 19.9 Å². The lowest BCUT2D eigenvalue weighted by molar-refractivity contribution is 0.622. The number of aromatic nitrogens is 2. The molecule has 0 radical (unpaired) electrons. The molecule has 96 valence electrons. The van der Waals surface area contributed by atoms with Crippen molar-refractivity contribution in [3.63, 3.8) is 0 Å². The van der Waals surface area contributed by atoms with Gasteiger partial charge in [-0.15, -0.1) is 0 Å². The molecule has 0 fully saturated rings. The van der Waals surface area contributed by atoms with E-state index in [2.05, 4.69) is 17.3 Å². The minimum absolute atomic E-state index is 0.171. The first-order chi connectivity index (χ1) is 8.66. The molecule has 0 aliphatic rings. The van der Waals surface area contributed by atoms with Gasteiger partial charge in [-0.1, -0.05) is 12.1 Å². The molecule has 1 aromatic heterocycles. The van der Waals surface area contributed by atoms with Crippen LogP contribution in [-0.4, -0.2) is 16.3 Å². The minimum atomic E-state index is -0.171. The summed E-state index contributed by atoms with van der Waals surface area (Å²) >= 11 is 0. The van der Waals surface area contributed by atoms with Crippen molar-refractivity contribution >= 4 is 0 Å². The molecule has 2 rings (SSSR count). The molecule has 0 bridgehead atoms. The summed E-state index contributed by atoms with van der Waals surface area (Å²) < 4.78 is 14.8. The van der Waals surface area contributed by atoms with E-state index in [0.717, 1.165) is 25.1 Å². The molecule has 1 N–H and O–H groups in total. The summed E-state index contributed by atoms with van der Waals surface area (Å²) in [5.41, 5.74) is 3.40. The first-order valence-electron chi connectivity index (χ1n) is 6.09. The fraction of sp³-hybridized carbons (Fsp3) is 0.357. The molecule has 4 heteroatoms. The Hall–Kier alpha value is -1.68. The Morgan fingerprint density at radius 1 is 1.39 bits per heavy atom. The maximum Gasteiger partial charge on any atom is 0.123 e. The standard InChI is InChI=1S/C14H18FN3/c1-11-13(10-17-18(11)2)9-16-7-6-12-4-3-5-14(15)8-12/h3-5,8,10,16H,6-7,9H2,1-2H3. The molecular formula is C14H18FN3. The maximum atomic E-state index is 13.0. The van der Waals surface area contributed by atoms with Crippen molar-refractivity contribution in [3.05, 3.63) is 53.1 Å². The van der Waals surface area contributed by atoms with Crippen LogP contribution in [0.4, 0.5) is 4.39 Å². The van der Waals surface area contributed by atoms with Crippen LogP contribution in [-0.2, 0) is 20.0 Å². The van der Waals surface area contributed by atoms with Gasteiger partial charge in [0.2, 0.25) is 0 Å². The second kappa shape index (κ2) is 5.78. The van der Waals surface area contributed by atoms with Crippen LogP contribution < -0.4 is 5.32 Å². The van der Waals surface area contributed by atoms with E-state index >= 15 is 0 Å². The molecule has 0 aliphatic heterocycles. The Labute approximate surface area is 107 Å². The van der Waals surface area contributed by atoms with Crippen LogP contribution in [0.25, 0.3) is 0 Å². The number of aryl methyl sites for hydroxylation is 1. The van der Waals surface area contributed by atoms with Crippen LogP contribution in [0.1, 0.15) is 16.8 Å². The number of halogens is 1. The highest BCUT2D eigenvalue weighted by molar-refractivity contribution is 5.17. The van der Waals surface area contributed by atoms with Gasteiger partial charge in [0.15, 0.2) is 0 Å². The van der Waals surface area contributed by atoms with Gasteiger partial charge in [-0.3, -0.25) is 4.68 Å². The third-order valence-electron chi connectivity index (χ3n) is 3.13. The highest BCUT2D eigenvalue weighted by Gasteiger charge is 2.02. The average molecular weight is 247 g/mol. The molecule has 0 aliphatic carbocycles. The molecule has 0 unspecified atom stereocenters. The van der Waals surface area contributed by atoms with Crippen LogP contribution >= 0.6 is 0 Å². The molecule has 0 atom stereocenters. The zero-order valence-corrected chi connectivity index (χ0v) is 10.8. The SMILES string of the molecule is Cc1c(CNCCc2cccc(F)c2)cnn1C. The Morgan fingerprint density at radius 2 is 2.22 bits per heavy atom. The predicted molar refractivity (Wildman–Crippen MR) is 69.8 cm³/mol.